The number of thiazole rings is 1. The van der Waals surface area contributed by atoms with Gasteiger partial charge in [-0.2, -0.15) is 10.5 Å². The molecule has 4 rings (SSSR count). The summed E-state index contributed by atoms with van der Waals surface area (Å²) < 4.78 is 1.95. The first-order valence-corrected chi connectivity index (χ1v) is 10.3. The summed E-state index contributed by atoms with van der Waals surface area (Å²) in [6, 6.07) is 18.3. The summed E-state index contributed by atoms with van der Waals surface area (Å²) >= 11 is 13.7. The third-order valence-corrected chi connectivity index (χ3v) is 6.59. The van der Waals surface area contributed by atoms with Gasteiger partial charge in [-0.1, -0.05) is 59.6 Å². The topological polar surface area (TPSA) is 95.6 Å². The van der Waals surface area contributed by atoms with Crippen molar-refractivity contribution >= 4 is 52.0 Å². The summed E-state index contributed by atoms with van der Waals surface area (Å²) in [6.45, 7) is 0. The molecule has 0 radical (unpaired) electrons. The second-order valence-corrected chi connectivity index (χ2v) is 8.31. The molecule has 2 N–H and O–H groups in total. The van der Waals surface area contributed by atoms with Crippen LogP contribution in [-0.4, -0.2) is 4.57 Å². The van der Waals surface area contributed by atoms with Crippen molar-refractivity contribution in [3.63, 3.8) is 0 Å². The lowest BCUT2D eigenvalue weighted by molar-refractivity contribution is 0.906. The minimum atomic E-state index is -0.750. The predicted molar refractivity (Wildman–Crippen MR) is 119 cm³/mol. The van der Waals surface area contributed by atoms with Crippen molar-refractivity contribution < 1.29 is 0 Å². The lowest BCUT2D eigenvalue weighted by Crippen LogP contribution is -2.38. The van der Waals surface area contributed by atoms with Gasteiger partial charge in [0.25, 0.3) is 5.56 Å². The third kappa shape index (κ3) is 3.12. The molecule has 146 valence electrons. The molecule has 0 aliphatic carbocycles. The van der Waals surface area contributed by atoms with Crippen LogP contribution in [0.4, 0.5) is 0 Å². The van der Waals surface area contributed by atoms with Crippen molar-refractivity contribution in [2.45, 2.75) is 5.92 Å². The number of aromatic nitrogens is 1. The minimum absolute atomic E-state index is 0.00326. The Balaban J connectivity index is 2.10. The van der Waals surface area contributed by atoms with Crippen LogP contribution in [0.5, 0.6) is 0 Å². The standard InChI is InChI=1S/C22H12Cl2N4OS/c23-16-7-3-1-5-12(16)9-18-21(29)28-20(27)14(10-25)19(15(11-26)22(28)30-18)13-6-2-4-8-17(13)24/h1-9,19H,27H2/b18-9+. The SMILES string of the molecule is N#CC1=C(N)n2c(s/c(=C/c3ccccc3Cl)c2=O)=C(C#N)C1c1ccccc1Cl. The monoisotopic (exact) mass is 450 g/mol. The fraction of sp³-hybridized carbons (Fsp3) is 0.0455. The van der Waals surface area contributed by atoms with Gasteiger partial charge in [0, 0.05) is 10.0 Å². The van der Waals surface area contributed by atoms with Crippen LogP contribution in [0.25, 0.3) is 17.5 Å². The fourth-order valence-electron chi connectivity index (χ4n) is 3.41. The molecule has 0 spiro atoms. The Morgan fingerprint density at radius 2 is 1.63 bits per heavy atom. The first kappa shape index (κ1) is 20.0. The smallest absolute Gasteiger partial charge is 0.274 e. The van der Waals surface area contributed by atoms with E-state index in [1.807, 2.05) is 6.07 Å². The van der Waals surface area contributed by atoms with E-state index < -0.39 is 11.5 Å². The molecule has 30 heavy (non-hydrogen) atoms. The highest BCUT2D eigenvalue weighted by atomic mass is 35.5. The Bertz CT molecular complexity index is 1480. The van der Waals surface area contributed by atoms with Crippen LogP contribution < -0.4 is 20.5 Å². The quantitative estimate of drug-likeness (QED) is 0.648. The number of nitrogens with two attached hydrogens (primary N) is 1. The van der Waals surface area contributed by atoms with Crippen molar-refractivity contribution in [3.8, 4) is 12.1 Å². The van der Waals surface area contributed by atoms with Gasteiger partial charge in [-0.15, -0.1) is 11.3 Å². The zero-order valence-electron chi connectivity index (χ0n) is 15.3. The van der Waals surface area contributed by atoms with Gasteiger partial charge < -0.3 is 5.73 Å². The van der Waals surface area contributed by atoms with Gasteiger partial charge in [-0.3, -0.25) is 9.36 Å². The van der Waals surface area contributed by atoms with Crippen molar-refractivity contribution in [1.82, 2.24) is 4.57 Å². The first-order valence-electron chi connectivity index (χ1n) is 8.75. The number of rotatable bonds is 2. The van der Waals surface area contributed by atoms with Gasteiger partial charge in [0.1, 0.15) is 10.5 Å². The lowest BCUT2D eigenvalue weighted by atomic mass is 9.84. The van der Waals surface area contributed by atoms with Crippen molar-refractivity contribution in [1.29, 1.82) is 10.5 Å². The molecule has 3 aromatic rings. The van der Waals surface area contributed by atoms with Crippen LogP contribution in [-0.2, 0) is 0 Å². The van der Waals surface area contributed by atoms with E-state index in [-0.39, 0.29) is 17.0 Å². The van der Waals surface area contributed by atoms with E-state index in [1.165, 1.54) is 4.57 Å². The summed E-state index contributed by atoms with van der Waals surface area (Å²) in [6.07, 6.45) is 1.65. The van der Waals surface area contributed by atoms with E-state index in [0.717, 1.165) is 11.3 Å². The van der Waals surface area contributed by atoms with E-state index >= 15 is 0 Å². The zero-order valence-corrected chi connectivity index (χ0v) is 17.6. The summed E-state index contributed by atoms with van der Waals surface area (Å²) in [5, 5.41) is 20.7. The molecule has 0 bridgehead atoms. The third-order valence-electron chi connectivity index (χ3n) is 4.80. The molecule has 1 aliphatic heterocycles. The number of hydrogen-bond acceptors (Lipinski definition) is 5. The molecule has 1 aromatic heterocycles. The molecule has 0 amide bonds. The number of benzene rings is 2. The van der Waals surface area contributed by atoms with Crippen LogP contribution in [0, 0.1) is 22.7 Å². The average molecular weight is 451 g/mol. The molecule has 0 fully saturated rings. The Morgan fingerprint density at radius 1 is 1.00 bits per heavy atom. The Morgan fingerprint density at radius 3 is 2.27 bits per heavy atom. The van der Waals surface area contributed by atoms with Crippen LogP contribution in [0.1, 0.15) is 17.0 Å². The van der Waals surface area contributed by atoms with Gasteiger partial charge in [-0.05, 0) is 29.3 Å². The Labute approximate surface area is 185 Å². The van der Waals surface area contributed by atoms with Crippen LogP contribution >= 0.6 is 34.5 Å². The highest BCUT2D eigenvalue weighted by molar-refractivity contribution is 7.07. The Kier molecular flexibility index (Phi) is 5.24. The maximum atomic E-state index is 13.1. The second kappa shape index (κ2) is 7.85. The van der Waals surface area contributed by atoms with Gasteiger partial charge in [0.05, 0.1) is 33.7 Å². The summed E-state index contributed by atoms with van der Waals surface area (Å²) in [7, 11) is 0. The summed E-state index contributed by atoms with van der Waals surface area (Å²) in [5.41, 5.74) is 7.44. The molecular weight excluding hydrogens is 439 g/mol. The number of nitrogens with zero attached hydrogens (tertiary/aromatic N) is 3. The number of nitriles is 2. The molecule has 1 atom stereocenters. The van der Waals surface area contributed by atoms with Crippen molar-refractivity contribution in [2.75, 3.05) is 0 Å². The molecule has 8 heteroatoms. The normalized spacial score (nSPS) is 16.2. The van der Waals surface area contributed by atoms with Crippen molar-refractivity contribution in [2.24, 2.45) is 5.73 Å². The summed E-state index contributed by atoms with van der Waals surface area (Å²) in [4.78, 5) is 13.1. The molecule has 2 heterocycles. The minimum Gasteiger partial charge on any atom is -0.384 e. The van der Waals surface area contributed by atoms with Crippen molar-refractivity contribution in [3.05, 3.63) is 94.8 Å². The average Bonchev–Trinajstić information content (AvgIpc) is 3.06. The number of hydrogen-bond donors (Lipinski definition) is 1. The summed E-state index contributed by atoms with van der Waals surface area (Å²) in [5.74, 6) is -0.753. The predicted octanol–water partition coefficient (Wildman–Crippen LogP) is 3.17. The Hall–Kier alpha value is -3.29. The lowest BCUT2D eigenvalue weighted by Gasteiger charge is -2.22. The molecule has 1 aliphatic rings. The number of halogens is 2. The number of allylic oxidation sites excluding steroid dienone is 1. The highest BCUT2D eigenvalue weighted by Gasteiger charge is 2.33. The van der Waals surface area contributed by atoms with E-state index in [1.54, 1.807) is 48.5 Å². The van der Waals surface area contributed by atoms with Crippen LogP contribution in [0.3, 0.4) is 0 Å². The van der Waals surface area contributed by atoms with Gasteiger partial charge in [0.15, 0.2) is 0 Å². The fourth-order valence-corrected chi connectivity index (χ4v) is 4.96. The molecule has 0 saturated heterocycles. The van der Waals surface area contributed by atoms with E-state index in [2.05, 4.69) is 12.1 Å². The second-order valence-electron chi connectivity index (χ2n) is 6.47. The van der Waals surface area contributed by atoms with E-state index in [9.17, 15) is 15.3 Å². The van der Waals surface area contributed by atoms with E-state index in [0.29, 0.717) is 30.4 Å². The molecule has 5 nitrogen and oxygen atoms in total. The van der Waals surface area contributed by atoms with Gasteiger partial charge >= 0.3 is 0 Å². The largest absolute Gasteiger partial charge is 0.384 e. The van der Waals surface area contributed by atoms with Gasteiger partial charge in [0.2, 0.25) is 0 Å². The molecule has 0 saturated carbocycles. The maximum Gasteiger partial charge on any atom is 0.274 e. The molecular formula is C22H12Cl2N4OS. The highest BCUT2D eigenvalue weighted by Crippen LogP contribution is 2.38. The number of fused-ring (bicyclic) bond motifs is 1. The molecule has 2 aromatic carbocycles. The van der Waals surface area contributed by atoms with Crippen LogP contribution in [0.15, 0.2) is 58.9 Å². The molecule has 1 unspecified atom stereocenters. The van der Waals surface area contributed by atoms with Crippen LogP contribution in [0.2, 0.25) is 10.0 Å². The van der Waals surface area contributed by atoms with E-state index in [4.69, 9.17) is 28.9 Å². The van der Waals surface area contributed by atoms with Gasteiger partial charge in [-0.25, -0.2) is 0 Å². The maximum absolute atomic E-state index is 13.1. The first-order chi connectivity index (χ1) is 14.5. The zero-order chi connectivity index (χ0) is 21.4.